The molecule has 1 aromatic carbocycles. The minimum Gasteiger partial charge on any atom is -0.450 e. The Kier molecular flexibility index (Phi) is 7.84. The van der Waals surface area contributed by atoms with E-state index in [0.717, 1.165) is 11.3 Å². The fourth-order valence-corrected chi connectivity index (χ4v) is 3.30. The predicted octanol–water partition coefficient (Wildman–Crippen LogP) is 2.78. The van der Waals surface area contributed by atoms with Gasteiger partial charge in [0, 0.05) is 44.7 Å². The van der Waals surface area contributed by atoms with Gasteiger partial charge >= 0.3 is 6.09 Å². The third kappa shape index (κ3) is 5.97. The molecule has 1 heterocycles. The molecule has 7 nitrogen and oxygen atoms in total. The number of hydrogen-bond donors (Lipinski definition) is 1. The van der Waals surface area contributed by atoms with Gasteiger partial charge in [-0.2, -0.15) is 0 Å². The van der Waals surface area contributed by atoms with Crippen molar-refractivity contribution in [2.75, 3.05) is 31.1 Å². The van der Waals surface area contributed by atoms with E-state index >= 15 is 0 Å². The zero-order chi connectivity index (χ0) is 20.7. The van der Waals surface area contributed by atoms with Crippen molar-refractivity contribution in [1.29, 1.82) is 0 Å². The number of nitrogens with zero attached hydrogens (tertiary/aromatic N) is 2. The first-order valence-corrected chi connectivity index (χ1v) is 9.88. The number of aryl methyl sites for hydroxylation is 2. The van der Waals surface area contributed by atoms with E-state index in [-0.39, 0.29) is 30.4 Å². The number of anilines is 1. The smallest absolute Gasteiger partial charge is 0.409 e. The molecule has 1 saturated heterocycles. The number of carbonyl (C=O) groups excluding carboxylic acids is 3. The van der Waals surface area contributed by atoms with Crippen molar-refractivity contribution in [3.05, 3.63) is 29.3 Å². The van der Waals surface area contributed by atoms with Crippen molar-refractivity contribution < 1.29 is 19.1 Å². The summed E-state index contributed by atoms with van der Waals surface area (Å²) in [7, 11) is 0. The van der Waals surface area contributed by atoms with Gasteiger partial charge in [0.15, 0.2) is 0 Å². The zero-order valence-corrected chi connectivity index (χ0v) is 17.3. The Morgan fingerprint density at radius 3 is 2.43 bits per heavy atom. The van der Waals surface area contributed by atoms with Gasteiger partial charge in [0.2, 0.25) is 11.8 Å². The summed E-state index contributed by atoms with van der Waals surface area (Å²) in [4.78, 5) is 39.4. The lowest BCUT2D eigenvalue weighted by Crippen LogP contribution is -2.47. The Morgan fingerprint density at radius 1 is 1.18 bits per heavy atom. The van der Waals surface area contributed by atoms with E-state index in [1.165, 1.54) is 12.5 Å². The number of ether oxygens (including phenoxy) is 1. The summed E-state index contributed by atoms with van der Waals surface area (Å²) in [6.07, 6.45) is 1.36. The summed E-state index contributed by atoms with van der Waals surface area (Å²) in [5.74, 6) is -0.163. The maximum atomic E-state index is 12.4. The van der Waals surface area contributed by atoms with Crippen LogP contribution in [0, 0.1) is 13.8 Å². The van der Waals surface area contributed by atoms with Gasteiger partial charge in [0.1, 0.15) is 0 Å². The second kappa shape index (κ2) is 10.1. The SMILES string of the molecule is CCOC(=O)N1CCC(NC(=O)CCN(C(C)=O)c2ccc(C)c(C)c2)CC1. The molecule has 1 aromatic rings. The van der Waals surface area contributed by atoms with Crippen LogP contribution in [-0.4, -0.2) is 55.1 Å². The summed E-state index contributed by atoms with van der Waals surface area (Å²) in [6, 6.07) is 5.91. The number of rotatable bonds is 6. The standard InChI is InChI=1S/C21H31N3O4/c1-5-28-21(27)23-11-8-18(9-12-23)22-20(26)10-13-24(17(4)25)19-7-6-15(2)16(3)14-19/h6-7,14,18H,5,8-13H2,1-4H3,(H,22,26). The molecule has 0 spiro atoms. The maximum Gasteiger partial charge on any atom is 0.409 e. The molecular formula is C21H31N3O4. The van der Waals surface area contributed by atoms with Gasteiger partial charge in [-0.25, -0.2) is 4.79 Å². The van der Waals surface area contributed by atoms with E-state index in [2.05, 4.69) is 5.32 Å². The van der Waals surface area contributed by atoms with E-state index < -0.39 is 0 Å². The number of piperidine rings is 1. The molecule has 0 atom stereocenters. The van der Waals surface area contributed by atoms with Crippen LogP contribution in [0.25, 0.3) is 0 Å². The van der Waals surface area contributed by atoms with E-state index in [1.807, 2.05) is 32.0 Å². The highest BCUT2D eigenvalue weighted by atomic mass is 16.6. The molecule has 1 aliphatic rings. The zero-order valence-electron chi connectivity index (χ0n) is 17.3. The first-order valence-electron chi connectivity index (χ1n) is 9.88. The summed E-state index contributed by atoms with van der Waals surface area (Å²) in [5, 5.41) is 3.02. The molecule has 0 radical (unpaired) electrons. The lowest BCUT2D eigenvalue weighted by molar-refractivity contribution is -0.122. The van der Waals surface area contributed by atoms with Gasteiger partial charge in [-0.3, -0.25) is 9.59 Å². The minimum absolute atomic E-state index is 0.0468. The van der Waals surface area contributed by atoms with Gasteiger partial charge in [-0.1, -0.05) is 6.07 Å². The lowest BCUT2D eigenvalue weighted by atomic mass is 10.1. The van der Waals surface area contributed by atoms with Gasteiger partial charge in [0.25, 0.3) is 0 Å². The van der Waals surface area contributed by atoms with Crippen LogP contribution in [-0.2, 0) is 14.3 Å². The first kappa shape index (κ1) is 21.7. The third-order valence-electron chi connectivity index (χ3n) is 5.13. The summed E-state index contributed by atoms with van der Waals surface area (Å²) in [6.45, 7) is 9.18. The van der Waals surface area contributed by atoms with Crippen molar-refractivity contribution in [3.8, 4) is 0 Å². The molecule has 2 rings (SSSR count). The highest BCUT2D eigenvalue weighted by molar-refractivity contribution is 5.92. The van der Waals surface area contributed by atoms with Crippen molar-refractivity contribution in [3.63, 3.8) is 0 Å². The molecule has 1 fully saturated rings. The van der Waals surface area contributed by atoms with Gasteiger partial charge in [-0.05, 0) is 56.9 Å². The molecule has 28 heavy (non-hydrogen) atoms. The number of hydrogen-bond acceptors (Lipinski definition) is 4. The molecule has 0 bridgehead atoms. The average Bonchev–Trinajstić information content (AvgIpc) is 2.65. The minimum atomic E-state index is -0.294. The van der Waals surface area contributed by atoms with E-state index in [1.54, 1.807) is 16.7 Å². The summed E-state index contributed by atoms with van der Waals surface area (Å²) < 4.78 is 5.00. The predicted molar refractivity (Wildman–Crippen MR) is 108 cm³/mol. The molecule has 0 aliphatic carbocycles. The van der Waals surface area contributed by atoms with Gasteiger partial charge < -0.3 is 19.9 Å². The molecule has 154 valence electrons. The topological polar surface area (TPSA) is 79.0 Å². The Bertz CT molecular complexity index is 712. The fraction of sp³-hybridized carbons (Fsp3) is 0.571. The molecule has 0 saturated carbocycles. The van der Waals surface area contributed by atoms with E-state index in [4.69, 9.17) is 4.74 Å². The quantitative estimate of drug-likeness (QED) is 0.811. The largest absolute Gasteiger partial charge is 0.450 e. The average molecular weight is 389 g/mol. The molecule has 3 amide bonds. The van der Waals surface area contributed by atoms with Gasteiger partial charge in [-0.15, -0.1) is 0 Å². The fourth-order valence-electron chi connectivity index (χ4n) is 3.30. The van der Waals surface area contributed by atoms with Crippen LogP contribution in [0.3, 0.4) is 0 Å². The summed E-state index contributed by atoms with van der Waals surface area (Å²) >= 11 is 0. The van der Waals surface area contributed by atoms with Crippen LogP contribution < -0.4 is 10.2 Å². The molecule has 1 N–H and O–H groups in total. The number of likely N-dealkylation sites (tertiary alicyclic amines) is 1. The van der Waals surface area contributed by atoms with Gasteiger partial charge in [0.05, 0.1) is 6.61 Å². The van der Waals surface area contributed by atoms with E-state index in [0.29, 0.717) is 39.1 Å². The van der Waals surface area contributed by atoms with Crippen LogP contribution in [0.1, 0.15) is 44.2 Å². The summed E-state index contributed by atoms with van der Waals surface area (Å²) in [5.41, 5.74) is 3.09. The molecule has 0 unspecified atom stereocenters. The number of benzene rings is 1. The Labute approximate surface area is 167 Å². The second-order valence-electron chi connectivity index (χ2n) is 7.22. The molecule has 7 heteroatoms. The molecule has 0 aromatic heterocycles. The monoisotopic (exact) mass is 389 g/mol. The van der Waals surface area contributed by atoms with E-state index in [9.17, 15) is 14.4 Å². The lowest BCUT2D eigenvalue weighted by Gasteiger charge is -2.31. The van der Waals surface area contributed by atoms with Crippen LogP contribution in [0.4, 0.5) is 10.5 Å². The van der Waals surface area contributed by atoms with Crippen LogP contribution in [0.2, 0.25) is 0 Å². The van der Waals surface area contributed by atoms with Crippen molar-refractivity contribution in [2.45, 2.75) is 53.0 Å². The highest BCUT2D eigenvalue weighted by Crippen LogP contribution is 2.19. The Balaban J connectivity index is 1.83. The van der Waals surface area contributed by atoms with Crippen molar-refractivity contribution in [2.24, 2.45) is 0 Å². The Morgan fingerprint density at radius 2 is 1.86 bits per heavy atom. The van der Waals surface area contributed by atoms with Crippen LogP contribution in [0.5, 0.6) is 0 Å². The number of amides is 3. The highest BCUT2D eigenvalue weighted by Gasteiger charge is 2.24. The Hall–Kier alpha value is -2.57. The number of carbonyl (C=O) groups is 3. The third-order valence-corrected chi connectivity index (χ3v) is 5.13. The van der Waals surface area contributed by atoms with Crippen LogP contribution >= 0.6 is 0 Å². The molecular weight excluding hydrogens is 358 g/mol. The number of nitrogens with one attached hydrogen (secondary N) is 1. The maximum absolute atomic E-state index is 12.4. The normalized spacial score (nSPS) is 14.5. The van der Waals surface area contributed by atoms with Crippen LogP contribution in [0.15, 0.2) is 18.2 Å². The molecule has 1 aliphatic heterocycles. The first-order chi connectivity index (χ1) is 13.3. The second-order valence-corrected chi connectivity index (χ2v) is 7.22. The van der Waals surface area contributed by atoms with Crippen molar-refractivity contribution >= 4 is 23.6 Å². The van der Waals surface area contributed by atoms with Crippen molar-refractivity contribution in [1.82, 2.24) is 10.2 Å².